The van der Waals surface area contributed by atoms with Crippen molar-refractivity contribution < 1.29 is 4.42 Å². The molecule has 0 saturated carbocycles. The molecule has 1 heterocycles. The molecule has 0 spiro atoms. The Hall–Kier alpha value is -2.48. The van der Waals surface area contributed by atoms with E-state index in [9.17, 15) is 0 Å². The molecule has 0 bridgehead atoms. The Morgan fingerprint density at radius 2 is 1.67 bits per heavy atom. The maximum Gasteiger partial charge on any atom is 0.137 e. The number of fused-ring (bicyclic) bond motifs is 5. The number of hydrogen-bond acceptors (Lipinski definition) is 2. The van der Waals surface area contributed by atoms with Crippen molar-refractivity contribution in [3.8, 4) is 0 Å². The SMILES string of the molecule is Nc1ccc2c(c1)oc1ccc3ccccc3c12. The van der Waals surface area contributed by atoms with Crippen molar-refractivity contribution in [2.75, 3.05) is 5.73 Å². The predicted molar refractivity (Wildman–Crippen MR) is 75.6 cm³/mol. The third kappa shape index (κ3) is 1.17. The Morgan fingerprint density at radius 3 is 2.61 bits per heavy atom. The zero-order chi connectivity index (χ0) is 12.1. The fourth-order valence-corrected chi connectivity index (χ4v) is 2.56. The summed E-state index contributed by atoms with van der Waals surface area (Å²) in [7, 11) is 0. The van der Waals surface area contributed by atoms with Crippen LogP contribution in [0, 0.1) is 0 Å². The van der Waals surface area contributed by atoms with E-state index >= 15 is 0 Å². The predicted octanol–water partition coefficient (Wildman–Crippen LogP) is 4.32. The van der Waals surface area contributed by atoms with Gasteiger partial charge in [-0.15, -0.1) is 0 Å². The van der Waals surface area contributed by atoms with Crippen LogP contribution < -0.4 is 5.73 Å². The molecule has 18 heavy (non-hydrogen) atoms. The number of nitrogen functional groups attached to an aromatic ring is 1. The lowest BCUT2D eigenvalue weighted by Gasteiger charge is -1.98. The molecule has 0 fully saturated rings. The van der Waals surface area contributed by atoms with Gasteiger partial charge in [-0.1, -0.05) is 30.3 Å². The third-order valence-corrected chi connectivity index (χ3v) is 3.39. The molecular formula is C16H11NO. The fourth-order valence-electron chi connectivity index (χ4n) is 2.56. The van der Waals surface area contributed by atoms with Gasteiger partial charge in [-0.25, -0.2) is 0 Å². The minimum absolute atomic E-state index is 0.728. The molecule has 0 aliphatic heterocycles. The third-order valence-electron chi connectivity index (χ3n) is 3.39. The van der Waals surface area contributed by atoms with Crippen molar-refractivity contribution in [3.63, 3.8) is 0 Å². The maximum atomic E-state index is 5.86. The van der Waals surface area contributed by atoms with E-state index in [1.54, 1.807) is 0 Å². The first-order valence-corrected chi connectivity index (χ1v) is 5.92. The van der Waals surface area contributed by atoms with Crippen LogP contribution in [0.5, 0.6) is 0 Å². The van der Waals surface area contributed by atoms with Gasteiger partial charge in [0, 0.05) is 22.5 Å². The summed E-state index contributed by atoms with van der Waals surface area (Å²) in [6.07, 6.45) is 0. The summed E-state index contributed by atoms with van der Waals surface area (Å²) >= 11 is 0. The zero-order valence-electron chi connectivity index (χ0n) is 9.68. The highest BCUT2D eigenvalue weighted by atomic mass is 16.3. The molecule has 2 heteroatoms. The number of hydrogen-bond donors (Lipinski definition) is 1. The first-order valence-electron chi connectivity index (χ1n) is 5.92. The summed E-state index contributed by atoms with van der Waals surface area (Å²) in [5, 5.41) is 4.74. The summed E-state index contributed by atoms with van der Waals surface area (Å²) in [6.45, 7) is 0. The highest BCUT2D eigenvalue weighted by Gasteiger charge is 2.09. The molecular weight excluding hydrogens is 222 g/mol. The van der Waals surface area contributed by atoms with Crippen molar-refractivity contribution in [1.29, 1.82) is 0 Å². The molecule has 1 aromatic heterocycles. The minimum Gasteiger partial charge on any atom is -0.456 e. The second-order valence-corrected chi connectivity index (χ2v) is 4.52. The Morgan fingerprint density at radius 1 is 0.778 bits per heavy atom. The molecule has 0 atom stereocenters. The van der Waals surface area contributed by atoms with E-state index < -0.39 is 0 Å². The van der Waals surface area contributed by atoms with Crippen molar-refractivity contribution in [1.82, 2.24) is 0 Å². The highest BCUT2D eigenvalue weighted by molar-refractivity contribution is 6.18. The average Bonchev–Trinajstić information content (AvgIpc) is 2.76. The maximum absolute atomic E-state index is 5.86. The van der Waals surface area contributed by atoms with Crippen LogP contribution in [-0.2, 0) is 0 Å². The van der Waals surface area contributed by atoms with E-state index in [2.05, 4.69) is 30.3 Å². The topological polar surface area (TPSA) is 39.2 Å². The van der Waals surface area contributed by atoms with Crippen LogP contribution in [0.2, 0.25) is 0 Å². The molecule has 4 aromatic rings. The minimum atomic E-state index is 0.728. The first kappa shape index (κ1) is 9.54. The summed E-state index contributed by atoms with van der Waals surface area (Å²) in [6, 6.07) is 18.3. The van der Waals surface area contributed by atoms with Gasteiger partial charge in [0.25, 0.3) is 0 Å². The second kappa shape index (κ2) is 3.26. The monoisotopic (exact) mass is 233 g/mol. The van der Waals surface area contributed by atoms with Gasteiger partial charge in [0.05, 0.1) is 0 Å². The van der Waals surface area contributed by atoms with Gasteiger partial charge >= 0.3 is 0 Å². The molecule has 0 saturated heterocycles. The van der Waals surface area contributed by atoms with Gasteiger partial charge < -0.3 is 10.2 Å². The number of benzene rings is 3. The summed E-state index contributed by atoms with van der Waals surface area (Å²) < 4.78 is 5.86. The lowest BCUT2D eigenvalue weighted by molar-refractivity contribution is 0.669. The van der Waals surface area contributed by atoms with Gasteiger partial charge in [0.2, 0.25) is 0 Å². The van der Waals surface area contributed by atoms with Crippen molar-refractivity contribution in [3.05, 3.63) is 54.6 Å². The Labute approximate surface area is 104 Å². The number of rotatable bonds is 0. The molecule has 2 nitrogen and oxygen atoms in total. The quantitative estimate of drug-likeness (QED) is 0.459. The fraction of sp³-hybridized carbons (Fsp3) is 0. The molecule has 0 aliphatic carbocycles. The van der Waals surface area contributed by atoms with Crippen LogP contribution in [-0.4, -0.2) is 0 Å². The van der Waals surface area contributed by atoms with E-state index in [0.29, 0.717) is 0 Å². The van der Waals surface area contributed by atoms with Crippen LogP contribution in [0.15, 0.2) is 59.0 Å². The molecule has 0 unspecified atom stereocenters. The molecule has 0 radical (unpaired) electrons. The highest BCUT2D eigenvalue weighted by Crippen LogP contribution is 2.35. The summed E-state index contributed by atoms with van der Waals surface area (Å²) in [5.41, 5.74) is 8.29. The van der Waals surface area contributed by atoms with Crippen LogP contribution in [0.1, 0.15) is 0 Å². The smallest absolute Gasteiger partial charge is 0.137 e. The van der Waals surface area contributed by atoms with Crippen molar-refractivity contribution >= 4 is 38.4 Å². The summed E-state index contributed by atoms with van der Waals surface area (Å²) in [4.78, 5) is 0. The van der Waals surface area contributed by atoms with E-state index in [-0.39, 0.29) is 0 Å². The average molecular weight is 233 g/mol. The molecule has 2 N–H and O–H groups in total. The molecule has 0 aliphatic rings. The largest absolute Gasteiger partial charge is 0.456 e. The molecule has 3 aromatic carbocycles. The van der Waals surface area contributed by atoms with E-state index in [1.165, 1.54) is 16.2 Å². The van der Waals surface area contributed by atoms with E-state index in [0.717, 1.165) is 22.2 Å². The number of nitrogens with two attached hydrogens (primary N) is 1. The van der Waals surface area contributed by atoms with Crippen molar-refractivity contribution in [2.24, 2.45) is 0 Å². The Balaban J connectivity index is 2.33. The second-order valence-electron chi connectivity index (χ2n) is 4.52. The Kier molecular flexibility index (Phi) is 1.73. The van der Waals surface area contributed by atoms with Gasteiger partial charge in [0.1, 0.15) is 11.2 Å². The van der Waals surface area contributed by atoms with Gasteiger partial charge in [-0.3, -0.25) is 0 Å². The van der Waals surface area contributed by atoms with Crippen molar-refractivity contribution in [2.45, 2.75) is 0 Å². The van der Waals surface area contributed by atoms with Gasteiger partial charge in [0.15, 0.2) is 0 Å². The van der Waals surface area contributed by atoms with Crippen LogP contribution in [0.3, 0.4) is 0 Å². The lowest BCUT2D eigenvalue weighted by Crippen LogP contribution is -1.81. The lowest BCUT2D eigenvalue weighted by atomic mass is 10.0. The van der Waals surface area contributed by atoms with Crippen LogP contribution in [0.4, 0.5) is 5.69 Å². The van der Waals surface area contributed by atoms with Gasteiger partial charge in [-0.2, -0.15) is 0 Å². The standard InChI is InChI=1S/C16H11NO/c17-11-6-7-13-15(9-11)18-14-8-5-10-3-1-2-4-12(10)16(13)14/h1-9H,17H2. The molecule has 4 rings (SSSR count). The van der Waals surface area contributed by atoms with E-state index in [4.69, 9.17) is 10.2 Å². The zero-order valence-corrected chi connectivity index (χ0v) is 9.68. The van der Waals surface area contributed by atoms with Gasteiger partial charge in [-0.05, 0) is 29.0 Å². The molecule has 0 amide bonds. The number of furan rings is 1. The van der Waals surface area contributed by atoms with E-state index in [1.807, 2.05) is 24.3 Å². The molecule has 86 valence electrons. The van der Waals surface area contributed by atoms with Crippen LogP contribution in [0.25, 0.3) is 32.7 Å². The first-order chi connectivity index (χ1) is 8.83. The Bertz CT molecular complexity index is 889. The van der Waals surface area contributed by atoms with Crippen LogP contribution >= 0.6 is 0 Å². The number of anilines is 1. The normalized spacial score (nSPS) is 11.6. The summed E-state index contributed by atoms with van der Waals surface area (Å²) in [5.74, 6) is 0.